The first kappa shape index (κ1) is 19.2. The average Bonchev–Trinajstić information content (AvgIpc) is 2.85. The summed E-state index contributed by atoms with van der Waals surface area (Å²) < 4.78 is 7.53. The maximum atomic E-state index is 12.5. The quantitative estimate of drug-likeness (QED) is 0.668. The minimum atomic E-state index is -0.166. The molecule has 1 aromatic carbocycles. The zero-order valence-electron chi connectivity index (χ0n) is 15.1. The van der Waals surface area contributed by atoms with Gasteiger partial charge in [0.25, 0.3) is 0 Å². The van der Waals surface area contributed by atoms with Crippen LogP contribution >= 0.6 is 23.2 Å². The number of hydrogen-bond donors (Lipinski definition) is 1. The fourth-order valence-electron chi connectivity index (χ4n) is 2.67. The molecule has 2 heterocycles. The zero-order chi connectivity index (χ0) is 19.6. The summed E-state index contributed by atoms with van der Waals surface area (Å²) in [6, 6.07) is 8.62. The number of carbonyl (C=O) groups is 1. The van der Waals surface area contributed by atoms with Crippen LogP contribution in [0.15, 0.2) is 36.5 Å². The number of carbonyl (C=O) groups excluding carboxylic acids is 1. The summed E-state index contributed by atoms with van der Waals surface area (Å²) in [7, 11) is 1.86. The number of aromatic nitrogens is 3. The Morgan fingerprint density at radius 3 is 2.67 bits per heavy atom. The van der Waals surface area contributed by atoms with E-state index in [1.54, 1.807) is 35.0 Å². The van der Waals surface area contributed by atoms with Gasteiger partial charge in [-0.2, -0.15) is 5.10 Å². The standard InChI is InChI=1S/C19H18Cl2N4O2/c1-11-14(12(2)25(3)24-11)9-18(26)23-16-6-4-5-7-17(16)27-19-15(21)8-13(20)10-22-19/h4-8,10H,9H2,1-3H3,(H,23,26). The Balaban J connectivity index is 1.78. The van der Waals surface area contributed by atoms with Gasteiger partial charge in [0.05, 0.1) is 22.8 Å². The average molecular weight is 405 g/mol. The van der Waals surface area contributed by atoms with Crippen molar-refractivity contribution in [2.24, 2.45) is 7.05 Å². The number of hydrogen-bond acceptors (Lipinski definition) is 4. The van der Waals surface area contributed by atoms with Gasteiger partial charge in [0.2, 0.25) is 11.8 Å². The van der Waals surface area contributed by atoms with Crippen LogP contribution in [0.2, 0.25) is 10.0 Å². The lowest BCUT2D eigenvalue weighted by Gasteiger charge is -2.12. The molecule has 0 aliphatic heterocycles. The molecular weight excluding hydrogens is 387 g/mol. The van der Waals surface area contributed by atoms with E-state index in [-0.39, 0.29) is 23.2 Å². The molecule has 0 unspecified atom stereocenters. The number of benzene rings is 1. The highest BCUT2D eigenvalue weighted by Crippen LogP contribution is 2.33. The van der Waals surface area contributed by atoms with E-state index in [9.17, 15) is 4.79 Å². The maximum absolute atomic E-state index is 12.5. The van der Waals surface area contributed by atoms with Crippen molar-refractivity contribution < 1.29 is 9.53 Å². The van der Waals surface area contributed by atoms with Gasteiger partial charge in [0.15, 0.2) is 5.75 Å². The van der Waals surface area contributed by atoms with E-state index < -0.39 is 0 Å². The van der Waals surface area contributed by atoms with Crippen molar-refractivity contribution >= 4 is 34.8 Å². The van der Waals surface area contributed by atoms with Crippen LogP contribution in [0, 0.1) is 13.8 Å². The predicted octanol–water partition coefficient (Wildman–Crippen LogP) is 4.71. The van der Waals surface area contributed by atoms with Crippen LogP contribution in [0.25, 0.3) is 0 Å². The second kappa shape index (κ2) is 7.98. The Morgan fingerprint density at radius 2 is 2.00 bits per heavy atom. The summed E-state index contributed by atoms with van der Waals surface area (Å²) in [6.45, 7) is 3.83. The third kappa shape index (κ3) is 4.40. The van der Waals surface area contributed by atoms with Gasteiger partial charge < -0.3 is 10.1 Å². The highest BCUT2D eigenvalue weighted by atomic mass is 35.5. The van der Waals surface area contributed by atoms with Crippen molar-refractivity contribution in [3.63, 3.8) is 0 Å². The number of ether oxygens (including phenoxy) is 1. The SMILES string of the molecule is Cc1nn(C)c(C)c1CC(=O)Nc1ccccc1Oc1ncc(Cl)cc1Cl. The van der Waals surface area contributed by atoms with Crippen LogP contribution in [0.4, 0.5) is 5.69 Å². The first-order valence-corrected chi connectivity index (χ1v) is 8.97. The number of halogens is 2. The van der Waals surface area contributed by atoms with Crippen molar-refractivity contribution in [2.75, 3.05) is 5.32 Å². The fraction of sp³-hybridized carbons (Fsp3) is 0.211. The third-order valence-electron chi connectivity index (χ3n) is 4.14. The number of aryl methyl sites for hydroxylation is 2. The second-order valence-electron chi connectivity index (χ2n) is 6.04. The Morgan fingerprint density at radius 1 is 1.26 bits per heavy atom. The number of para-hydroxylation sites is 2. The van der Waals surface area contributed by atoms with Crippen molar-refractivity contribution in [2.45, 2.75) is 20.3 Å². The molecule has 0 atom stereocenters. The van der Waals surface area contributed by atoms with Crippen LogP contribution in [0.5, 0.6) is 11.6 Å². The van der Waals surface area contributed by atoms with Gasteiger partial charge in [0.1, 0.15) is 5.02 Å². The number of rotatable bonds is 5. The van der Waals surface area contributed by atoms with E-state index in [1.807, 2.05) is 20.9 Å². The smallest absolute Gasteiger partial charge is 0.238 e. The van der Waals surface area contributed by atoms with Crippen molar-refractivity contribution in [3.05, 3.63) is 63.5 Å². The van der Waals surface area contributed by atoms with E-state index in [2.05, 4.69) is 15.4 Å². The van der Waals surface area contributed by atoms with Gasteiger partial charge in [0, 0.05) is 24.5 Å². The summed E-state index contributed by atoms with van der Waals surface area (Å²) in [4.78, 5) is 16.6. The van der Waals surface area contributed by atoms with E-state index in [1.165, 1.54) is 6.20 Å². The minimum Gasteiger partial charge on any atom is -0.435 e. The van der Waals surface area contributed by atoms with Crippen molar-refractivity contribution in [1.29, 1.82) is 0 Å². The summed E-state index contributed by atoms with van der Waals surface area (Å²) in [5, 5.41) is 7.91. The zero-order valence-corrected chi connectivity index (χ0v) is 16.6. The largest absolute Gasteiger partial charge is 0.435 e. The van der Waals surface area contributed by atoms with Crippen molar-refractivity contribution in [1.82, 2.24) is 14.8 Å². The molecule has 0 fully saturated rings. The van der Waals surface area contributed by atoms with Gasteiger partial charge in [-0.1, -0.05) is 35.3 Å². The predicted molar refractivity (Wildman–Crippen MR) is 106 cm³/mol. The summed E-state index contributed by atoms with van der Waals surface area (Å²) in [6.07, 6.45) is 1.66. The van der Waals surface area contributed by atoms with Gasteiger partial charge in [-0.15, -0.1) is 0 Å². The monoisotopic (exact) mass is 404 g/mol. The molecule has 0 aliphatic carbocycles. The fourth-order valence-corrected chi connectivity index (χ4v) is 3.09. The lowest BCUT2D eigenvalue weighted by Crippen LogP contribution is -2.16. The molecule has 3 aromatic rings. The van der Waals surface area contributed by atoms with E-state index >= 15 is 0 Å². The number of nitrogens with zero attached hydrogens (tertiary/aromatic N) is 3. The molecule has 0 saturated heterocycles. The molecule has 3 rings (SSSR count). The highest BCUT2D eigenvalue weighted by Gasteiger charge is 2.16. The number of amides is 1. The third-order valence-corrected chi connectivity index (χ3v) is 4.62. The van der Waals surface area contributed by atoms with Crippen LogP contribution in [0.3, 0.4) is 0 Å². The summed E-state index contributed by atoms with van der Waals surface area (Å²) >= 11 is 12.0. The number of anilines is 1. The Bertz CT molecular complexity index is 1000. The Hall–Kier alpha value is -2.57. The minimum absolute atomic E-state index is 0.166. The van der Waals surface area contributed by atoms with Crippen LogP contribution in [0.1, 0.15) is 17.0 Å². The lowest BCUT2D eigenvalue weighted by molar-refractivity contribution is -0.115. The first-order valence-electron chi connectivity index (χ1n) is 8.22. The second-order valence-corrected chi connectivity index (χ2v) is 6.88. The molecule has 140 valence electrons. The summed E-state index contributed by atoms with van der Waals surface area (Å²) in [5.41, 5.74) is 3.24. The van der Waals surface area contributed by atoms with E-state index in [4.69, 9.17) is 27.9 Å². The van der Waals surface area contributed by atoms with Crippen LogP contribution in [-0.2, 0) is 18.3 Å². The van der Waals surface area contributed by atoms with Gasteiger partial charge >= 0.3 is 0 Å². The van der Waals surface area contributed by atoms with Crippen LogP contribution in [-0.4, -0.2) is 20.7 Å². The molecule has 1 amide bonds. The van der Waals surface area contributed by atoms with Gasteiger partial charge in [-0.25, -0.2) is 4.98 Å². The number of nitrogens with one attached hydrogen (secondary N) is 1. The van der Waals surface area contributed by atoms with Crippen molar-refractivity contribution in [3.8, 4) is 11.6 Å². The molecule has 0 spiro atoms. The normalized spacial score (nSPS) is 10.7. The molecule has 0 bridgehead atoms. The van der Waals surface area contributed by atoms with Gasteiger partial charge in [-0.05, 0) is 32.0 Å². The molecular formula is C19H18Cl2N4O2. The topological polar surface area (TPSA) is 69.0 Å². The number of pyridine rings is 1. The van der Waals surface area contributed by atoms with Crippen LogP contribution < -0.4 is 10.1 Å². The maximum Gasteiger partial charge on any atom is 0.238 e. The summed E-state index contributed by atoms with van der Waals surface area (Å²) in [5.74, 6) is 0.476. The molecule has 0 aliphatic rings. The molecule has 0 radical (unpaired) electrons. The molecule has 0 saturated carbocycles. The first-order chi connectivity index (χ1) is 12.8. The molecule has 1 N–H and O–H groups in total. The highest BCUT2D eigenvalue weighted by molar-refractivity contribution is 6.35. The molecule has 27 heavy (non-hydrogen) atoms. The Labute approximate surface area is 167 Å². The Kier molecular flexibility index (Phi) is 5.68. The van der Waals surface area contributed by atoms with E-state index in [0.717, 1.165) is 17.0 Å². The van der Waals surface area contributed by atoms with Gasteiger partial charge in [-0.3, -0.25) is 9.48 Å². The molecule has 8 heteroatoms. The lowest BCUT2D eigenvalue weighted by atomic mass is 10.1. The molecule has 2 aromatic heterocycles. The molecule has 6 nitrogen and oxygen atoms in total. The van der Waals surface area contributed by atoms with E-state index in [0.29, 0.717) is 16.5 Å².